The number of anilines is 1. The van der Waals surface area contributed by atoms with Crippen LogP contribution >= 0.6 is 15.9 Å². The van der Waals surface area contributed by atoms with Gasteiger partial charge in [0.1, 0.15) is 0 Å². The lowest BCUT2D eigenvalue weighted by molar-refractivity contribution is 0.0695. The Morgan fingerprint density at radius 3 is 2.65 bits per heavy atom. The molecule has 0 radical (unpaired) electrons. The number of nitrogens with one attached hydrogen (secondary N) is 1. The number of halogens is 2. The van der Waals surface area contributed by atoms with Gasteiger partial charge in [0.05, 0.1) is 15.7 Å². The van der Waals surface area contributed by atoms with E-state index in [2.05, 4.69) is 35.1 Å². The van der Waals surface area contributed by atoms with E-state index in [-0.39, 0.29) is 21.5 Å². The van der Waals surface area contributed by atoms with Crippen LogP contribution in [0.5, 0.6) is 0 Å². The summed E-state index contributed by atoms with van der Waals surface area (Å²) in [6.45, 7) is 4.20. The Hall–Kier alpha value is -1.10. The number of rotatable bonds is 3. The van der Waals surface area contributed by atoms with Crippen molar-refractivity contribution in [3.05, 3.63) is 28.0 Å². The Balaban J connectivity index is 2.26. The third-order valence-corrected chi connectivity index (χ3v) is 3.93. The number of carbonyl (C=O) groups is 1. The average Bonchev–Trinajstić information content (AvgIpc) is 2.81. The van der Waals surface area contributed by atoms with Gasteiger partial charge in [-0.1, -0.05) is 13.8 Å². The van der Waals surface area contributed by atoms with E-state index in [1.54, 1.807) is 0 Å². The number of benzene rings is 1. The standard InChI is InChI=1S/C12H13BrFNO2/c1-12(2)5-8(12)15-7-4-3-6(11(16)17)9(13)10(7)14/h3-4,8,15H,5H2,1-2H3,(H,16,17). The molecular weight excluding hydrogens is 289 g/mol. The third kappa shape index (κ3) is 2.29. The van der Waals surface area contributed by atoms with Crippen LogP contribution in [0.2, 0.25) is 0 Å². The minimum atomic E-state index is -1.14. The molecular formula is C12H13BrFNO2. The molecule has 17 heavy (non-hydrogen) atoms. The Labute approximate surface area is 107 Å². The van der Waals surface area contributed by atoms with Gasteiger partial charge in [0.15, 0.2) is 5.82 Å². The van der Waals surface area contributed by atoms with Crippen LogP contribution in [0.15, 0.2) is 16.6 Å². The molecule has 2 rings (SSSR count). The molecule has 1 aromatic carbocycles. The molecule has 0 heterocycles. The van der Waals surface area contributed by atoms with Gasteiger partial charge in [0.25, 0.3) is 0 Å². The summed E-state index contributed by atoms with van der Waals surface area (Å²) in [7, 11) is 0. The van der Waals surface area contributed by atoms with Gasteiger partial charge in [-0.3, -0.25) is 0 Å². The smallest absolute Gasteiger partial charge is 0.336 e. The second kappa shape index (κ2) is 3.98. The van der Waals surface area contributed by atoms with Crippen molar-refractivity contribution in [1.82, 2.24) is 0 Å². The number of carboxylic acids is 1. The highest BCUT2D eigenvalue weighted by atomic mass is 79.9. The molecule has 1 saturated carbocycles. The van der Waals surface area contributed by atoms with E-state index in [0.717, 1.165) is 6.42 Å². The van der Waals surface area contributed by atoms with Crippen LogP contribution in [0, 0.1) is 11.2 Å². The Morgan fingerprint density at radius 2 is 2.18 bits per heavy atom. The molecule has 0 saturated heterocycles. The van der Waals surface area contributed by atoms with Crippen LogP contribution < -0.4 is 5.32 Å². The van der Waals surface area contributed by atoms with Gasteiger partial charge in [0.2, 0.25) is 0 Å². The van der Waals surface area contributed by atoms with Crippen LogP contribution in [-0.4, -0.2) is 17.1 Å². The van der Waals surface area contributed by atoms with Gasteiger partial charge < -0.3 is 10.4 Å². The van der Waals surface area contributed by atoms with E-state index in [9.17, 15) is 9.18 Å². The van der Waals surface area contributed by atoms with Crippen LogP contribution in [0.3, 0.4) is 0 Å². The van der Waals surface area contributed by atoms with Gasteiger partial charge in [-0.15, -0.1) is 0 Å². The highest BCUT2D eigenvalue weighted by Gasteiger charge is 2.46. The van der Waals surface area contributed by atoms with E-state index < -0.39 is 11.8 Å². The van der Waals surface area contributed by atoms with Gasteiger partial charge >= 0.3 is 5.97 Å². The molecule has 1 aromatic rings. The van der Waals surface area contributed by atoms with E-state index in [1.165, 1.54) is 12.1 Å². The van der Waals surface area contributed by atoms with Crippen LogP contribution in [0.4, 0.5) is 10.1 Å². The van der Waals surface area contributed by atoms with Crippen molar-refractivity contribution in [3.63, 3.8) is 0 Å². The lowest BCUT2D eigenvalue weighted by atomic mass is 10.1. The fourth-order valence-corrected chi connectivity index (χ4v) is 2.24. The maximum Gasteiger partial charge on any atom is 0.336 e. The zero-order valence-electron chi connectivity index (χ0n) is 9.55. The zero-order chi connectivity index (χ0) is 12.8. The summed E-state index contributed by atoms with van der Waals surface area (Å²) in [5, 5.41) is 11.9. The van der Waals surface area contributed by atoms with Crippen LogP contribution in [0.1, 0.15) is 30.6 Å². The molecule has 1 fully saturated rings. The fraction of sp³-hybridized carbons (Fsp3) is 0.417. The minimum Gasteiger partial charge on any atom is -0.478 e. The summed E-state index contributed by atoms with van der Waals surface area (Å²) in [5.74, 6) is -1.69. The number of hydrogen-bond donors (Lipinski definition) is 2. The van der Waals surface area contributed by atoms with Gasteiger partial charge in [-0.25, -0.2) is 9.18 Å². The Bertz CT molecular complexity index is 488. The lowest BCUT2D eigenvalue weighted by Crippen LogP contribution is -2.11. The summed E-state index contributed by atoms with van der Waals surface area (Å²) < 4.78 is 13.9. The average molecular weight is 302 g/mol. The molecule has 1 atom stereocenters. The molecule has 0 aliphatic heterocycles. The maximum absolute atomic E-state index is 13.9. The van der Waals surface area contributed by atoms with Gasteiger partial charge in [-0.2, -0.15) is 0 Å². The molecule has 0 aromatic heterocycles. The molecule has 2 N–H and O–H groups in total. The first kappa shape index (κ1) is 12.4. The quantitative estimate of drug-likeness (QED) is 0.898. The molecule has 1 aliphatic rings. The molecule has 5 heteroatoms. The van der Waals surface area contributed by atoms with Gasteiger partial charge in [-0.05, 0) is 39.9 Å². The van der Waals surface area contributed by atoms with Crippen molar-refractivity contribution in [3.8, 4) is 0 Å². The second-order valence-corrected chi connectivity index (χ2v) is 5.78. The summed E-state index contributed by atoms with van der Waals surface area (Å²) in [6.07, 6.45) is 0.991. The van der Waals surface area contributed by atoms with E-state index in [1.807, 2.05) is 0 Å². The highest BCUT2D eigenvalue weighted by Crippen LogP contribution is 2.47. The molecule has 0 bridgehead atoms. The number of carboxylic acid groups (broad SMARTS) is 1. The zero-order valence-corrected chi connectivity index (χ0v) is 11.1. The highest BCUT2D eigenvalue weighted by molar-refractivity contribution is 9.10. The largest absolute Gasteiger partial charge is 0.478 e. The van der Waals surface area contributed by atoms with Crippen molar-refractivity contribution < 1.29 is 14.3 Å². The first-order chi connectivity index (χ1) is 7.83. The topological polar surface area (TPSA) is 49.3 Å². The van der Waals surface area contributed by atoms with Crippen molar-refractivity contribution in [1.29, 1.82) is 0 Å². The summed E-state index contributed by atoms with van der Waals surface area (Å²) in [4.78, 5) is 10.8. The lowest BCUT2D eigenvalue weighted by Gasteiger charge is -2.11. The predicted octanol–water partition coefficient (Wildman–Crippen LogP) is 3.50. The molecule has 0 amide bonds. The molecule has 92 valence electrons. The van der Waals surface area contributed by atoms with Crippen molar-refractivity contribution in [2.45, 2.75) is 26.3 Å². The number of hydrogen-bond acceptors (Lipinski definition) is 2. The summed E-state index contributed by atoms with van der Waals surface area (Å²) >= 11 is 2.97. The van der Waals surface area contributed by atoms with Crippen LogP contribution in [-0.2, 0) is 0 Å². The van der Waals surface area contributed by atoms with E-state index >= 15 is 0 Å². The molecule has 0 spiro atoms. The maximum atomic E-state index is 13.9. The second-order valence-electron chi connectivity index (χ2n) is 4.98. The molecule has 3 nitrogen and oxygen atoms in total. The third-order valence-electron chi connectivity index (χ3n) is 3.16. The molecule has 1 unspecified atom stereocenters. The van der Waals surface area contributed by atoms with Crippen molar-refractivity contribution >= 4 is 27.6 Å². The Morgan fingerprint density at radius 1 is 1.59 bits per heavy atom. The van der Waals surface area contributed by atoms with Crippen LogP contribution in [0.25, 0.3) is 0 Å². The van der Waals surface area contributed by atoms with Gasteiger partial charge in [0, 0.05) is 6.04 Å². The minimum absolute atomic E-state index is 0.00606. The fourth-order valence-electron chi connectivity index (χ4n) is 1.73. The molecule has 1 aliphatic carbocycles. The van der Waals surface area contributed by atoms with E-state index in [4.69, 9.17) is 5.11 Å². The van der Waals surface area contributed by atoms with E-state index in [0.29, 0.717) is 5.69 Å². The predicted molar refractivity (Wildman–Crippen MR) is 66.9 cm³/mol. The first-order valence-corrected chi connectivity index (χ1v) is 6.10. The normalized spacial score (nSPS) is 21.1. The first-order valence-electron chi connectivity index (χ1n) is 5.31. The monoisotopic (exact) mass is 301 g/mol. The summed E-state index contributed by atoms with van der Waals surface area (Å²) in [6, 6.07) is 3.12. The Kier molecular flexibility index (Phi) is 2.89. The SMILES string of the molecule is CC1(C)CC1Nc1ccc(C(=O)O)c(Br)c1F. The summed E-state index contributed by atoms with van der Waals surface area (Å²) in [5.41, 5.74) is 0.463. The number of aromatic carboxylic acids is 1. The van der Waals surface area contributed by atoms with Crippen molar-refractivity contribution in [2.24, 2.45) is 5.41 Å². The van der Waals surface area contributed by atoms with Crippen molar-refractivity contribution in [2.75, 3.05) is 5.32 Å².